The molecule has 4 heteroatoms. The highest BCUT2D eigenvalue weighted by molar-refractivity contribution is 5.78. The molecule has 1 aromatic carbocycles. The Morgan fingerprint density at radius 3 is 2.46 bits per heavy atom. The van der Waals surface area contributed by atoms with E-state index >= 15 is 0 Å². The molecule has 24 heavy (non-hydrogen) atoms. The number of ether oxygens (including phenoxy) is 1. The number of nitrogens with one attached hydrogen (secondary N) is 1. The molecule has 1 N–H and O–H groups in total. The molecule has 0 bridgehead atoms. The van der Waals surface area contributed by atoms with Gasteiger partial charge in [0.15, 0.2) is 0 Å². The molecular weight excluding hydrogens is 300 g/mol. The number of hydrogen-bond donors (Lipinski definition) is 1. The van der Waals surface area contributed by atoms with Gasteiger partial charge in [0.25, 0.3) is 0 Å². The first-order valence-corrected chi connectivity index (χ1v) is 9.33. The number of carbonyl (C=O) groups is 1. The second kappa shape index (κ2) is 8.13. The van der Waals surface area contributed by atoms with E-state index in [-0.39, 0.29) is 11.4 Å². The summed E-state index contributed by atoms with van der Waals surface area (Å²) in [5.41, 5.74) is 2.46. The van der Waals surface area contributed by atoms with Gasteiger partial charge in [-0.25, -0.2) is 0 Å². The smallest absolute Gasteiger partial charge is 0.224 e. The minimum absolute atomic E-state index is 0.136. The fourth-order valence-electron chi connectivity index (χ4n) is 4.07. The van der Waals surface area contributed by atoms with E-state index in [1.54, 1.807) is 0 Å². The Balaban J connectivity index is 1.58. The fourth-order valence-corrected chi connectivity index (χ4v) is 4.07. The van der Waals surface area contributed by atoms with Crippen LogP contribution in [0.5, 0.6) is 0 Å². The highest BCUT2D eigenvalue weighted by atomic mass is 16.5. The van der Waals surface area contributed by atoms with Crippen LogP contribution in [0.2, 0.25) is 0 Å². The topological polar surface area (TPSA) is 41.6 Å². The second-order valence-corrected chi connectivity index (χ2v) is 7.32. The summed E-state index contributed by atoms with van der Waals surface area (Å²) in [5, 5.41) is 3.23. The van der Waals surface area contributed by atoms with Gasteiger partial charge in [0.2, 0.25) is 5.91 Å². The molecule has 3 rings (SSSR count). The Morgan fingerprint density at radius 1 is 1.12 bits per heavy atom. The van der Waals surface area contributed by atoms with E-state index in [2.05, 4.69) is 29.3 Å². The van der Waals surface area contributed by atoms with E-state index in [9.17, 15) is 4.79 Å². The van der Waals surface area contributed by atoms with Gasteiger partial charge < -0.3 is 10.1 Å². The maximum atomic E-state index is 12.4. The van der Waals surface area contributed by atoms with Crippen LogP contribution in [0.3, 0.4) is 0 Å². The van der Waals surface area contributed by atoms with Gasteiger partial charge in [0, 0.05) is 25.2 Å². The van der Waals surface area contributed by atoms with Crippen molar-refractivity contribution in [2.45, 2.75) is 51.0 Å². The van der Waals surface area contributed by atoms with Gasteiger partial charge in [-0.2, -0.15) is 0 Å². The Kier molecular flexibility index (Phi) is 5.90. The standard InChI is InChI=1S/C20H30N2O2/c1-17-5-7-18(8-6-17)15-19(23)21-16-20(9-3-2-4-10-20)22-11-13-24-14-12-22/h5-8H,2-4,9-16H2,1H3,(H,21,23). The van der Waals surface area contributed by atoms with Crippen molar-refractivity contribution in [1.82, 2.24) is 10.2 Å². The molecule has 1 heterocycles. The van der Waals surface area contributed by atoms with E-state index in [1.807, 2.05) is 12.1 Å². The quantitative estimate of drug-likeness (QED) is 0.902. The zero-order valence-corrected chi connectivity index (χ0v) is 14.9. The summed E-state index contributed by atoms with van der Waals surface area (Å²) in [4.78, 5) is 15.0. The van der Waals surface area contributed by atoms with Crippen LogP contribution in [-0.4, -0.2) is 49.2 Å². The third-order valence-electron chi connectivity index (χ3n) is 5.57. The highest BCUT2D eigenvalue weighted by Gasteiger charge is 2.38. The summed E-state index contributed by atoms with van der Waals surface area (Å²) >= 11 is 0. The first-order chi connectivity index (χ1) is 11.7. The minimum atomic E-state index is 0.136. The molecule has 2 aliphatic rings. The third-order valence-corrected chi connectivity index (χ3v) is 5.57. The number of hydrogen-bond acceptors (Lipinski definition) is 3. The van der Waals surface area contributed by atoms with E-state index in [4.69, 9.17) is 4.74 Å². The van der Waals surface area contributed by atoms with Crippen molar-refractivity contribution in [3.8, 4) is 0 Å². The summed E-state index contributed by atoms with van der Waals surface area (Å²) in [6.45, 7) is 6.47. The Morgan fingerprint density at radius 2 is 1.79 bits per heavy atom. The maximum absolute atomic E-state index is 12.4. The molecule has 2 fully saturated rings. The van der Waals surface area contributed by atoms with Gasteiger partial charge in [-0.15, -0.1) is 0 Å². The van der Waals surface area contributed by atoms with Crippen LogP contribution < -0.4 is 5.32 Å². The Hall–Kier alpha value is -1.39. The molecule has 1 saturated carbocycles. The van der Waals surface area contributed by atoms with Gasteiger partial charge in [0.05, 0.1) is 19.6 Å². The molecule has 1 saturated heterocycles. The zero-order chi connectivity index (χ0) is 16.8. The molecular formula is C20H30N2O2. The largest absolute Gasteiger partial charge is 0.379 e. The monoisotopic (exact) mass is 330 g/mol. The number of nitrogens with zero attached hydrogens (tertiary/aromatic N) is 1. The Labute approximate surface area is 145 Å². The zero-order valence-electron chi connectivity index (χ0n) is 14.9. The molecule has 1 aliphatic heterocycles. The van der Waals surface area contributed by atoms with Crippen molar-refractivity contribution in [2.24, 2.45) is 0 Å². The van der Waals surface area contributed by atoms with E-state index in [0.717, 1.165) is 38.4 Å². The van der Waals surface area contributed by atoms with Gasteiger partial charge in [-0.1, -0.05) is 49.1 Å². The summed E-state index contributed by atoms with van der Waals surface area (Å²) in [7, 11) is 0. The van der Waals surface area contributed by atoms with Crippen molar-refractivity contribution < 1.29 is 9.53 Å². The summed E-state index contributed by atoms with van der Waals surface area (Å²) in [6.07, 6.45) is 6.72. The van der Waals surface area contributed by atoms with Crippen LogP contribution in [0, 0.1) is 6.92 Å². The summed E-state index contributed by atoms with van der Waals surface area (Å²) in [5.74, 6) is 0.136. The van der Waals surface area contributed by atoms with Crippen molar-refractivity contribution >= 4 is 5.91 Å². The van der Waals surface area contributed by atoms with Crippen molar-refractivity contribution in [3.63, 3.8) is 0 Å². The van der Waals surface area contributed by atoms with E-state index in [0.29, 0.717) is 6.42 Å². The van der Waals surface area contributed by atoms with Crippen LogP contribution in [0.4, 0.5) is 0 Å². The molecule has 1 aromatic rings. The average molecular weight is 330 g/mol. The normalized spacial score (nSPS) is 21.4. The maximum Gasteiger partial charge on any atom is 0.224 e. The lowest BCUT2D eigenvalue weighted by molar-refractivity contribution is -0.121. The lowest BCUT2D eigenvalue weighted by atomic mass is 9.79. The van der Waals surface area contributed by atoms with Crippen LogP contribution in [0.15, 0.2) is 24.3 Å². The predicted molar refractivity (Wildman–Crippen MR) is 96.1 cm³/mol. The summed E-state index contributed by atoms with van der Waals surface area (Å²) < 4.78 is 5.52. The molecule has 4 nitrogen and oxygen atoms in total. The molecule has 0 unspecified atom stereocenters. The van der Waals surface area contributed by atoms with Crippen molar-refractivity contribution in [1.29, 1.82) is 0 Å². The average Bonchev–Trinajstić information content (AvgIpc) is 2.63. The fraction of sp³-hybridized carbons (Fsp3) is 0.650. The number of rotatable bonds is 5. The first kappa shape index (κ1) is 17.4. The number of carbonyl (C=O) groups excluding carboxylic acids is 1. The Bertz CT molecular complexity index is 529. The van der Waals surface area contributed by atoms with Gasteiger partial charge in [0.1, 0.15) is 0 Å². The third kappa shape index (κ3) is 4.37. The molecule has 1 amide bonds. The van der Waals surface area contributed by atoms with Crippen LogP contribution in [0.25, 0.3) is 0 Å². The first-order valence-electron chi connectivity index (χ1n) is 9.33. The van der Waals surface area contributed by atoms with Gasteiger partial charge in [-0.3, -0.25) is 9.69 Å². The minimum Gasteiger partial charge on any atom is -0.379 e. The summed E-state index contributed by atoms with van der Waals surface area (Å²) in [6, 6.07) is 8.23. The van der Waals surface area contributed by atoms with E-state index in [1.165, 1.54) is 37.7 Å². The van der Waals surface area contributed by atoms with Crippen LogP contribution in [0.1, 0.15) is 43.2 Å². The SMILES string of the molecule is Cc1ccc(CC(=O)NCC2(N3CCOCC3)CCCCC2)cc1. The van der Waals surface area contributed by atoms with Crippen molar-refractivity contribution in [3.05, 3.63) is 35.4 Å². The second-order valence-electron chi connectivity index (χ2n) is 7.32. The van der Waals surface area contributed by atoms with Crippen LogP contribution >= 0.6 is 0 Å². The molecule has 0 radical (unpaired) electrons. The number of benzene rings is 1. The number of amides is 1. The molecule has 1 aliphatic carbocycles. The van der Waals surface area contributed by atoms with Gasteiger partial charge in [-0.05, 0) is 25.3 Å². The van der Waals surface area contributed by atoms with Crippen molar-refractivity contribution in [2.75, 3.05) is 32.8 Å². The lowest BCUT2D eigenvalue weighted by Crippen LogP contribution is -2.59. The molecule has 0 atom stereocenters. The molecule has 0 aromatic heterocycles. The highest BCUT2D eigenvalue weighted by Crippen LogP contribution is 2.33. The molecule has 132 valence electrons. The molecule has 0 spiro atoms. The predicted octanol–water partition coefficient (Wildman–Crippen LogP) is 2.69. The van der Waals surface area contributed by atoms with E-state index < -0.39 is 0 Å². The number of aryl methyl sites for hydroxylation is 1. The number of morpholine rings is 1. The lowest BCUT2D eigenvalue weighted by Gasteiger charge is -2.48. The van der Waals surface area contributed by atoms with Gasteiger partial charge >= 0.3 is 0 Å². The van der Waals surface area contributed by atoms with Crippen LogP contribution in [-0.2, 0) is 16.0 Å².